The first-order valence-corrected chi connectivity index (χ1v) is 8.61. The highest BCUT2D eigenvalue weighted by Gasteiger charge is 2.23. The van der Waals surface area contributed by atoms with Gasteiger partial charge in [-0.25, -0.2) is 9.78 Å². The first-order valence-electron chi connectivity index (χ1n) is 7.73. The van der Waals surface area contributed by atoms with E-state index in [2.05, 4.69) is 31.1 Å². The molecule has 26 heavy (non-hydrogen) atoms. The molecule has 1 aromatic carbocycles. The minimum Gasteiger partial charge on any atom is -0.479 e. The molecule has 3 amide bonds. The van der Waals surface area contributed by atoms with Crippen LogP contribution in [0.4, 0.5) is 21.9 Å². The summed E-state index contributed by atoms with van der Waals surface area (Å²) < 4.78 is 5.49. The van der Waals surface area contributed by atoms with E-state index in [1.165, 1.54) is 17.5 Å². The second-order valence-electron chi connectivity index (χ2n) is 5.54. The van der Waals surface area contributed by atoms with Crippen molar-refractivity contribution < 1.29 is 14.3 Å². The highest BCUT2D eigenvalue weighted by molar-refractivity contribution is 7.13. The van der Waals surface area contributed by atoms with Gasteiger partial charge in [0.15, 0.2) is 6.10 Å². The van der Waals surface area contributed by atoms with Crippen molar-refractivity contribution >= 4 is 40.3 Å². The zero-order valence-corrected chi connectivity index (χ0v) is 14.4. The monoisotopic (exact) mass is 370 g/mol. The highest BCUT2D eigenvalue weighted by atomic mass is 32.1. The van der Waals surface area contributed by atoms with Crippen LogP contribution >= 0.6 is 11.3 Å². The molecule has 10 heteroatoms. The minimum atomic E-state index is -0.546. The van der Waals surface area contributed by atoms with Crippen molar-refractivity contribution in [2.24, 2.45) is 0 Å². The SMILES string of the molecule is CC1Oc2ccc(NC(=O)Nc3cn[nH]c3-c3nccs3)cc2NC1=O. The maximum absolute atomic E-state index is 12.3. The third-order valence-electron chi connectivity index (χ3n) is 3.70. The Hall–Kier alpha value is -3.40. The molecule has 1 atom stereocenters. The summed E-state index contributed by atoms with van der Waals surface area (Å²) in [5, 5.41) is 17.5. The van der Waals surface area contributed by atoms with E-state index in [0.717, 1.165) is 5.01 Å². The molecular weight excluding hydrogens is 356 g/mol. The summed E-state index contributed by atoms with van der Waals surface area (Å²) in [4.78, 5) is 28.2. The largest absolute Gasteiger partial charge is 0.479 e. The number of amides is 3. The molecule has 132 valence electrons. The lowest BCUT2D eigenvalue weighted by Gasteiger charge is -2.23. The molecule has 0 aliphatic carbocycles. The number of fused-ring (bicyclic) bond motifs is 1. The molecular formula is C16H14N6O3S. The summed E-state index contributed by atoms with van der Waals surface area (Å²) in [6.07, 6.45) is 2.64. The van der Waals surface area contributed by atoms with E-state index < -0.39 is 12.1 Å². The number of anilines is 3. The third-order valence-corrected chi connectivity index (χ3v) is 4.49. The number of benzene rings is 1. The molecule has 0 saturated heterocycles. The molecule has 4 rings (SSSR count). The van der Waals surface area contributed by atoms with E-state index in [-0.39, 0.29) is 5.91 Å². The summed E-state index contributed by atoms with van der Waals surface area (Å²) >= 11 is 1.43. The van der Waals surface area contributed by atoms with Gasteiger partial charge in [-0.05, 0) is 25.1 Å². The molecule has 3 heterocycles. The van der Waals surface area contributed by atoms with Crippen LogP contribution in [0.3, 0.4) is 0 Å². The van der Waals surface area contributed by atoms with E-state index in [1.807, 2.05) is 5.38 Å². The summed E-state index contributed by atoms with van der Waals surface area (Å²) in [7, 11) is 0. The first kappa shape index (κ1) is 16.1. The van der Waals surface area contributed by atoms with Gasteiger partial charge in [0.2, 0.25) is 0 Å². The molecule has 0 spiro atoms. The molecule has 0 bridgehead atoms. The van der Waals surface area contributed by atoms with Gasteiger partial charge in [0.25, 0.3) is 5.91 Å². The number of carbonyl (C=O) groups excluding carboxylic acids is 2. The first-order chi connectivity index (χ1) is 12.6. The molecule has 4 N–H and O–H groups in total. The topological polar surface area (TPSA) is 121 Å². The Morgan fingerprint density at radius 3 is 3.04 bits per heavy atom. The smallest absolute Gasteiger partial charge is 0.323 e. The number of aromatic nitrogens is 3. The summed E-state index contributed by atoms with van der Waals surface area (Å²) in [6, 6.07) is 4.58. The lowest BCUT2D eigenvalue weighted by molar-refractivity contribution is -0.122. The lowest BCUT2D eigenvalue weighted by atomic mass is 10.2. The van der Waals surface area contributed by atoms with Gasteiger partial charge in [0.05, 0.1) is 17.6 Å². The van der Waals surface area contributed by atoms with Crippen LogP contribution in [0.5, 0.6) is 5.75 Å². The van der Waals surface area contributed by atoms with Crippen LogP contribution in [0.15, 0.2) is 36.0 Å². The van der Waals surface area contributed by atoms with Crippen LogP contribution in [0.2, 0.25) is 0 Å². The number of rotatable bonds is 3. The van der Waals surface area contributed by atoms with Gasteiger partial charge >= 0.3 is 6.03 Å². The van der Waals surface area contributed by atoms with Crippen molar-refractivity contribution in [3.8, 4) is 16.5 Å². The number of nitrogens with one attached hydrogen (secondary N) is 4. The van der Waals surface area contributed by atoms with Gasteiger partial charge in [-0.2, -0.15) is 5.10 Å². The van der Waals surface area contributed by atoms with Crippen molar-refractivity contribution in [2.75, 3.05) is 16.0 Å². The number of ether oxygens (including phenoxy) is 1. The molecule has 1 aliphatic rings. The van der Waals surface area contributed by atoms with E-state index in [9.17, 15) is 9.59 Å². The quantitative estimate of drug-likeness (QED) is 0.565. The Kier molecular flexibility index (Phi) is 4.01. The Morgan fingerprint density at radius 2 is 2.23 bits per heavy atom. The predicted molar refractivity (Wildman–Crippen MR) is 97.5 cm³/mol. The molecule has 9 nitrogen and oxygen atoms in total. The number of hydrogen-bond acceptors (Lipinski definition) is 6. The van der Waals surface area contributed by atoms with Gasteiger partial charge in [0.1, 0.15) is 16.5 Å². The number of aromatic amines is 1. The number of carbonyl (C=O) groups is 2. The van der Waals surface area contributed by atoms with E-state index in [1.54, 1.807) is 31.3 Å². The van der Waals surface area contributed by atoms with Crippen molar-refractivity contribution in [1.29, 1.82) is 0 Å². The maximum Gasteiger partial charge on any atom is 0.323 e. The molecule has 1 unspecified atom stereocenters. The summed E-state index contributed by atoms with van der Waals surface area (Å²) in [6.45, 7) is 1.67. The fraction of sp³-hybridized carbons (Fsp3) is 0.125. The fourth-order valence-electron chi connectivity index (χ4n) is 2.46. The molecule has 0 radical (unpaired) electrons. The van der Waals surface area contributed by atoms with E-state index in [0.29, 0.717) is 28.5 Å². The van der Waals surface area contributed by atoms with Gasteiger partial charge < -0.3 is 20.7 Å². The van der Waals surface area contributed by atoms with Gasteiger partial charge in [-0.15, -0.1) is 11.3 Å². The van der Waals surface area contributed by atoms with Crippen LogP contribution in [-0.4, -0.2) is 33.2 Å². The third kappa shape index (κ3) is 3.09. The Bertz CT molecular complexity index is 968. The zero-order valence-electron chi connectivity index (χ0n) is 13.6. The molecule has 0 saturated carbocycles. The maximum atomic E-state index is 12.3. The molecule has 1 aliphatic heterocycles. The van der Waals surface area contributed by atoms with Crippen LogP contribution in [0, 0.1) is 0 Å². The van der Waals surface area contributed by atoms with Crippen molar-refractivity contribution in [3.63, 3.8) is 0 Å². The molecule has 0 fully saturated rings. The Balaban J connectivity index is 1.47. The van der Waals surface area contributed by atoms with Gasteiger partial charge in [-0.1, -0.05) is 0 Å². The fourth-order valence-corrected chi connectivity index (χ4v) is 3.11. The van der Waals surface area contributed by atoms with Crippen molar-refractivity contribution in [1.82, 2.24) is 15.2 Å². The summed E-state index contributed by atoms with van der Waals surface area (Å²) in [5.41, 5.74) is 2.17. The minimum absolute atomic E-state index is 0.231. The van der Waals surface area contributed by atoms with Crippen molar-refractivity contribution in [2.45, 2.75) is 13.0 Å². The number of urea groups is 1. The Morgan fingerprint density at radius 1 is 1.35 bits per heavy atom. The molecule has 2 aromatic heterocycles. The van der Waals surface area contributed by atoms with Gasteiger partial charge in [0, 0.05) is 17.3 Å². The lowest BCUT2D eigenvalue weighted by Crippen LogP contribution is -2.34. The standard InChI is InChI=1S/C16H14N6O3S/c1-8-14(23)20-10-6-9(2-3-12(10)25-8)19-16(24)21-11-7-18-22-13(11)15-17-4-5-26-15/h2-8H,1H3,(H,18,22)(H,20,23)(H2,19,21,24). The van der Waals surface area contributed by atoms with Crippen LogP contribution in [0.1, 0.15) is 6.92 Å². The van der Waals surface area contributed by atoms with Crippen LogP contribution in [-0.2, 0) is 4.79 Å². The number of H-pyrrole nitrogens is 1. The highest BCUT2D eigenvalue weighted by Crippen LogP contribution is 2.32. The number of thiazole rings is 1. The number of hydrogen-bond donors (Lipinski definition) is 4. The summed E-state index contributed by atoms with van der Waals surface area (Å²) in [5.74, 6) is 0.328. The van der Waals surface area contributed by atoms with Crippen molar-refractivity contribution in [3.05, 3.63) is 36.0 Å². The van der Waals surface area contributed by atoms with Gasteiger partial charge in [-0.3, -0.25) is 9.89 Å². The zero-order chi connectivity index (χ0) is 18.1. The average Bonchev–Trinajstić information content (AvgIpc) is 3.27. The van der Waals surface area contributed by atoms with Crippen LogP contribution in [0.25, 0.3) is 10.7 Å². The Labute approximate surface area is 151 Å². The second kappa shape index (κ2) is 6.48. The normalized spacial score (nSPS) is 15.6. The number of nitrogens with zero attached hydrogens (tertiary/aromatic N) is 2. The molecule has 3 aromatic rings. The predicted octanol–water partition coefficient (Wildman–Crippen LogP) is 2.90. The second-order valence-corrected chi connectivity index (χ2v) is 6.43. The van der Waals surface area contributed by atoms with Crippen LogP contribution < -0.4 is 20.7 Å². The average molecular weight is 370 g/mol. The van der Waals surface area contributed by atoms with E-state index in [4.69, 9.17) is 4.74 Å². The van der Waals surface area contributed by atoms with E-state index >= 15 is 0 Å².